The van der Waals surface area contributed by atoms with Crippen LogP contribution in [0.1, 0.15) is 10.6 Å². The highest BCUT2D eigenvalue weighted by molar-refractivity contribution is 7.90. The summed E-state index contributed by atoms with van der Waals surface area (Å²) in [5, 5.41) is 11.3. The minimum atomic E-state index is -3.63. The summed E-state index contributed by atoms with van der Waals surface area (Å²) in [7, 11) is -3.63. The Morgan fingerprint density at radius 1 is 1.15 bits per heavy atom. The highest BCUT2D eigenvalue weighted by atomic mass is 35.5. The average Bonchev–Trinajstić information content (AvgIpc) is 3.02. The van der Waals surface area contributed by atoms with Crippen molar-refractivity contribution in [2.75, 3.05) is 0 Å². The fourth-order valence-corrected chi connectivity index (χ4v) is 5.01. The third-order valence-electron chi connectivity index (χ3n) is 3.61. The highest BCUT2D eigenvalue weighted by Crippen LogP contribution is 2.32. The van der Waals surface area contributed by atoms with Crippen LogP contribution in [0.2, 0.25) is 5.02 Å². The second-order valence-electron chi connectivity index (χ2n) is 5.58. The Labute approximate surface area is 159 Å². The van der Waals surface area contributed by atoms with Gasteiger partial charge in [-0.1, -0.05) is 41.9 Å². The second kappa shape index (κ2) is 7.57. The standard InChI is InChI=1S/C18H14ClNO4S2/c19-13-6-7-16(26(23,24)11-12-4-2-1-3-5-12)14(8-13)15-10-25-17(20-15)9-18(21)22/h1-8,10H,9,11H2,(H,21,22). The lowest BCUT2D eigenvalue weighted by molar-refractivity contribution is -0.136. The maximum absolute atomic E-state index is 12.9. The van der Waals surface area contributed by atoms with Crippen molar-refractivity contribution in [3.05, 3.63) is 69.5 Å². The van der Waals surface area contributed by atoms with E-state index in [1.54, 1.807) is 35.7 Å². The molecule has 1 N–H and O–H groups in total. The predicted molar refractivity (Wildman–Crippen MR) is 101 cm³/mol. The molecule has 1 heterocycles. The van der Waals surface area contributed by atoms with Gasteiger partial charge in [0.25, 0.3) is 0 Å². The Morgan fingerprint density at radius 2 is 1.88 bits per heavy atom. The van der Waals surface area contributed by atoms with Crippen LogP contribution in [0.25, 0.3) is 11.3 Å². The number of carboxylic acid groups (broad SMARTS) is 1. The molecule has 26 heavy (non-hydrogen) atoms. The van der Waals surface area contributed by atoms with Gasteiger partial charge in [-0.2, -0.15) is 0 Å². The lowest BCUT2D eigenvalue weighted by Gasteiger charge is -2.10. The van der Waals surface area contributed by atoms with E-state index in [0.29, 0.717) is 26.9 Å². The molecule has 134 valence electrons. The van der Waals surface area contributed by atoms with Crippen LogP contribution in [0.15, 0.2) is 58.8 Å². The normalized spacial score (nSPS) is 11.4. The van der Waals surface area contributed by atoms with Gasteiger partial charge < -0.3 is 5.11 Å². The number of aliphatic carboxylic acids is 1. The molecule has 0 fully saturated rings. The molecule has 0 aliphatic carbocycles. The number of carbonyl (C=O) groups is 1. The highest BCUT2D eigenvalue weighted by Gasteiger charge is 2.22. The fourth-order valence-electron chi connectivity index (χ4n) is 2.49. The number of aromatic nitrogens is 1. The molecule has 0 saturated heterocycles. The summed E-state index contributed by atoms with van der Waals surface area (Å²) in [6.07, 6.45) is -0.211. The lowest BCUT2D eigenvalue weighted by atomic mass is 10.2. The summed E-state index contributed by atoms with van der Waals surface area (Å²) in [4.78, 5) is 15.2. The van der Waals surface area contributed by atoms with E-state index in [0.717, 1.165) is 0 Å². The first-order valence-electron chi connectivity index (χ1n) is 7.58. The zero-order valence-electron chi connectivity index (χ0n) is 13.4. The van der Waals surface area contributed by atoms with Crippen LogP contribution in [0.3, 0.4) is 0 Å². The second-order valence-corrected chi connectivity index (χ2v) is 8.92. The number of carboxylic acids is 1. The van der Waals surface area contributed by atoms with Crippen molar-refractivity contribution in [3.63, 3.8) is 0 Å². The van der Waals surface area contributed by atoms with Crippen LogP contribution in [0, 0.1) is 0 Å². The Kier molecular flexibility index (Phi) is 5.41. The molecule has 0 radical (unpaired) electrons. The van der Waals surface area contributed by atoms with Crippen molar-refractivity contribution >= 4 is 38.7 Å². The molecule has 0 saturated carbocycles. The van der Waals surface area contributed by atoms with E-state index in [4.69, 9.17) is 16.7 Å². The topological polar surface area (TPSA) is 84.3 Å². The van der Waals surface area contributed by atoms with E-state index < -0.39 is 15.8 Å². The largest absolute Gasteiger partial charge is 0.481 e. The van der Waals surface area contributed by atoms with Gasteiger partial charge in [0.1, 0.15) is 5.01 Å². The first kappa shape index (κ1) is 18.6. The van der Waals surface area contributed by atoms with Crippen molar-refractivity contribution in [3.8, 4) is 11.3 Å². The molecule has 3 aromatic rings. The Bertz CT molecular complexity index is 1050. The number of rotatable bonds is 6. The minimum absolute atomic E-state index is 0.123. The van der Waals surface area contributed by atoms with Gasteiger partial charge in [-0.15, -0.1) is 11.3 Å². The fraction of sp³-hybridized carbons (Fsp3) is 0.111. The molecular weight excluding hydrogens is 394 g/mol. The quantitative estimate of drug-likeness (QED) is 0.665. The Morgan fingerprint density at radius 3 is 2.58 bits per heavy atom. The smallest absolute Gasteiger partial charge is 0.310 e. The zero-order chi connectivity index (χ0) is 18.7. The van der Waals surface area contributed by atoms with Gasteiger partial charge >= 0.3 is 5.97 Å². The van der Waals surface area contributed by atoms with Gasteiger partial charge in [0, 0.05) is 16.0 Å². The summed E-state index contributed by atoms with van der Waals surface area (Å²) in [6.45, 7) is 0. The minimum Gasteiger partial charge on any atom is -0.481 e. The van der Waals surface area contributed by atoms with E-state index >= 15 is 0 Å². The van der Waals surface area contributed by atoms with Gasteiger partial charge in [0.2, 0.25) is 0 Å². The SMILES string of the molecule is O=C(O)Cc1nc(-c2cc(Cl)ccc2S(=O)(=O)Cc2ccccc2)cs1. The van der Waals surface area contributed by atoms with Gasteiger partial charge in [-0.05, 0) is 23.8 Å². The van der Waals surface area contributed by atoms with E-state index in [1.807, 2.05) is 6.07 Å². The van der Waals surface area contributed by atoms with Gasteiger partial charge in [-0.3, -0.25) is 4.79 Å². The zero-order valence-corrected chi connectivity index (χ0v) is 15.8. The molecule has 0 aliphatic heterocycles. The molecule has 0 spiro atoms. The molecule has 0 atom stereocenters. The Balaban J connectivity index is 2.03. The monoisotopic (exact) mass is 407 g/mol. The average molecular weight is 408 g/mol. The number of halogens is 1. The Hall–Kier alpha value is -2.22. The first-order chi connectivity index (χ1) is 12.3. The van der Waals surface area contributed by atoms with Crippen molar-refractivity contribution < 1.29 is 18.3 Å². The number of thiazole rings is 1. The van der Waals surface area contributed by atoms with E-state index in [1.165, 1.54) is 23.5 Å². The van der Waals surface area contributed by atoms with Gasteiger partial charge in [0.05, 0.1) is 22.8 Å². The molecule has 0 bridgehead atoms. The summed E-state index contributed by atoms with van der Waals surface area (Å²) in [5.41, 5.74) is 1.46. The number of sulfone groups is 1. The van der Waals surface area contributed by atoms with Crippen LogP contribution in [-0.4, -0.2) is 24.5 Å². The molecule has 0 aliphatic rings. The van der Waals surface area contributed by atoms with Crippen molar-refractivity contribution in [1.29, 1.82) is 0 Å². The number of hydrogen-bond acceptors (Lipinski definition) is 5. The molecule has 0 unspecified atom stereocenters. The summed E-state index contributed by atoms with van der Waals surface area (Å²) < 4.78 is 25.9. The van der Waals surface area contributed by atoms with Crippen LogP contribution >= 0.6 is 22.9 Å². The first-order valence-corrected chi connectivity index (χ1v) is 10.5. The molecule has 0 amide bonds. The molecular formula is C18H14ClNO4S2. The summed E-state index contributed by atoms with van der Waals surface area (Å²) >= 11 is 7.23. The molecule has 1 aromatic heterocycles. The summed E-state index contributed by atoms with van der Waals surface area (Å²) in [6, 6.07) is 13.4. The van der Waals surface area contributed by atoms with E-state index in [-0.39, 0.29) is 17.1 Å². The lowest BCUT2D eigenvalue weighted by Crippen LogP contribution is -2.07. The predicted octanol–water partition coefficient (Wildman–Crippen LogP) is 4.06. The molecule has 2 aromatic carbocycles. The van der Waals surface area contributed by atoms with Crippen LogP contribution < -0.4 is 0 Å². The van der Waals surface area contributed by atoms with Crippen molar-refractivity contribution in [2.24, 2.45) is 0 Å². The molecule has 8 heteroatoms. The molecule has 5 nitrogen and oxygen atoms in total. The van der Waals surface area contributed by atoms with Crippen molar-refractivity contribution in [2.45, 2.75) is 17.1 Å². The number of hydrogen-bond donors (Lipinski definition) is 1. The van der Waals surface area contributed by atoms with Gasteiger partial charge in [-0.25, -0.2) is 13.4 Å². The summed E-state index contributed by atoms with van der Waals surface area (Å²) in [5.74, 6) is -1.14. The number of benzene rings is 2. The van der Waals surface area contributed by atoms with Crippen LogP contribution in [-0.2, 0) is 26.8 Å². The number of nitrogens with zero attached hydrogens (tertiary/aromatic N) is 1. The third-order valence-corrected chi connectivity index (χ3v) is 6.43. The maximum Gasteiger partial charge on any atom is 0.310 e. The van der Waals surface area contributed by atoms with Crippen LogP contribution in [0.4, 0.5) is 0 Å². The van der Waals surface area contributed by atoms with Crippen LogP contribution in [0.5, 0.6) is 0 Å². The molecule has 3 rings (SSSR count). The third kappa shape index (κ3) is 4.30. The van der Waals surface area contributed by atoms with Crippen molar-refractivity contribution in [1.82, 2.24) is 4.98 Å². The van der Waals surface area contributed by atoms with E-state index in [2.05, 4.69) is 4.98 Å². The van der Waals surface area contributed by atoms with Gasteiger partial charge in [0.15, 0.2) is 9.84 Å². The van der Waals surface area contributed by atoms with E-state index in [9.17, 15) is 13.2 Å². The maximum atomic E-state index is 12.9.